The van der Waals surface area contributed by atoms with Gasteiger partial charge in [0.1, 0.15) is 0 Å². The van der Waals surface area contributed by atoms with Gasteiger partial charge in [0.2, 0.25) is 0 Å². The molecule has 1 radical (unpaired) electrons. The average molecular weight is 179 g/mol. The Labute approximate surface area is 76.8 Å². The van der Waals surface area contributed by atoms with E-state index in [-0.39, 0.29) is 0 Å². The molecule has 1 aliphatic rings. The number of pyridine rings is 1. The Morgan fingerprint density at radius 1 is 1.42 bits per heavy atom. The summed E-state index contributed by atoms with van der Waals surface area (Å²) < 4.78 is 0. The maximum absolute atomic E-state index is 4.52. The molecule has 2 heterocycles. The van der Waals surface area contributed by atoms with Crippen LogP contribution in [0.5, 0.6) is 0 Å². The summed E-state index contributed by atoms with van der Waals surface area (Å²) in [4.78, 5) is 4.30. The summed E-state index contributed by atoms with van der Waals surface area (Å²) in [7, 11) is 0. The van der Waals surface area contributed by atoms with Gasteiger partial charge in [-0.2, -0.15) is 11.8 Å². The van der Waals surface area contributed by atoms with Crippen LogP contribution in [0.4, 0.5) is 0 Å². The molecule has 0 aliphatic carbocycles. The van der Waals surface area contributed by atoms with Crippen molar-refractivity contribution in [3.8, 4) is 0 Å². The minimum Gasteiger partial charge on any atom is -0.260 e. The van der Waals surface area contributed by atoms with Crippen LogP contribution in [0.25, 0.3) is 0 Å². The van der Waals surface area contributed by atoms with Crippen molar-refractivity contribution in [2.24, 2.45) is 0 Å². The van der Waals surface area contributed by atoms with Crippen LogP contribution < -0.4 is 5.32 Å². The van der Waals surface area contributed by atoms with Crippen LogP contribution in [0.1, 0.15) is 11.7 Å². The molecule has 2 rings (SSSR count). The standard InChI is InChI=1S/C9H11N2S/c1-2-4-10-8(3-1)9-7-12-6-5-11-9/h1-4,9H,5-7H2. The number of rotatable bonds is 1. The third-order valence-corrected chi connectivity index (χ3v) is 2.91. The van der Waals surface area contributed by atoms with E-state index in [4.69, 9.17) is 0 Å². The second-order valence-corrected chi connectivity index (χ2v) is 3.90. The van der Waals surface area contributed by atoms with E-state index in [1.807, 2.05) is 30.1 Å². The quantitative estimate of drug-likeness (QED) is 0.653. The highest BCUT2D eigenvalue weighted by atomic mass is 32.2. The molecule has 0 saturated carbocycles. The summed E-state index contributed by atoms with van der Waals surface area (Å²) in [5.74, 6) is 2.26. The van der Waals surface area contributed by atoms with E-state index < -0.39 is 0 Å². The van der Waals surface area contributed by atoms with E-state index in [0.717, 1.165) is 18.0 Å². The average Bonchev–Trinajstić information content (AvgIpc) is 2.21. The van der Waals surface area contributed by atoms with E-state index in [1.165, 1.54) is 5.75 Å². The lowest BCUT2D eigenvalue weighted by Crippen LogP contribution is -2.24. The fourth-order valence-electron chi connectivity index (χ4n) is 1.27. The highest BCUT2D eigenvalue weighted by Crippen LogP contribution is 2.20. The normalized spacial score (nSPS) is 23.8. The Balaban J connectivity index is 2.08. The SMILES string of the molecule is c1ccc(C2CSCC[N]2)nc1. The van der Waals surface area contributed by atoms with Crippen LogP contribution in [0.3, 0.4) is 0 Å². The van der Waals surface area contributed by atoms with Crippen LogP contribution in [-0.2, 0) is 0 Å². The maximum Gasteiger partial charge on any atom is 0.0758 e. The van der Waals surface area contributed by atoms with Crippen molar-refractivity contribution in [2.45, 2.75) is 6.04 Å². The second-order valence-electron chi connectivity index (χ2n) is 2.75. The molecule has 63 valence electrons. The van der Waals surface area contributed by atoms with Gasteiger partial charge in [-0.15, -0.1) is 0 Å². The summed E-state index contributed by atoms with van der Waals surface area (Å²) in [6, 6.07) is 6.36. The van der Waals surface area contributed by atoms with E-state index in [1.54, 1.807) is 0 Å². The number of thioether (sulfide) groups is 1. The minimum absolute atomic E-state index is 0.338. The molecule has 3 heteroatoms. The zero-order valence-electron chi connectivity index (χ0n) is 6.81. The molecule has 1 fully saturated rings. The van der Waals surface area contributed by atoms with Gasteiger partial charge in [0.25, 0.3) is 0 Å². The first-order valence-electron chi connectivity index (χ1n) is 4.12. The van der Waals surface area contributed by atoms with Crippen molar-refractivity contribution < 1.29 is 0 Å². The molecule has 0 bridgehead atoms. The Kier molecular flexibility index (Phi) is 2.64. The zero-order valence-corrected chi connectivity index (χ0v) is 7.63. The maximum atomic E-state index is 4.52. The molecule has 12 heavy (non-hydrogen) atoms. The Hall–Kier alpha value is -0.540. The monoisotopic (exact) mass is 179 g/mol. The number of nitrogens with zero attached hydrogens (tertiary/aromatic N) is 2. The molecule has 2 nitrogen and oxygen atoms in total. The van der Waals surface area contributed by atoms with Crippen molar-refractivity contribution in [1.82, 2.24) is 10.3 Å². The summed E-state index contributed by atoms with van der Waals surface area (Å²) in [5, 5.41) is 4.52. The molecule has 1 aromatic rings. The molecule has 0 N–H and O–H groups in total. The van der Waals surface area contributed by atoms with Crippen LogP contribution in [0.2, 0.25) is 0 Å². The van der Waals surface area contributed by atoms with Crippen molar-refractivity contribution in [3.63, 3.8) is 0 Å². The summed E-state index contributed by atoms with van der Waals surface area (Å²) in [6.45, 7) is 0.978. The molecule has 1 atom stereocenters. The topological polar surface area (TPSA) is 27.0 Å². The summed E-state index contributed by atoms with van der Waals surface area (Å²) in [6.07, 6.45) is 1.84. The van der Waals surface area contributed by atoms with Gasteiger partial charge in [0, 0.05) is 24.2 Å². The fourth-order valence-corrected chi connectivity index (χ4v) is 2.17. The zero-order chi connectivity index (χ0) is 8.23. The molecule has 1 aromatic heterocycles. The first-order chi connectivity index (χ1) is 5.97. The van der Waals surface area contributed by atoms with E-state index in [9.17, 15) is 0 Å². The Morgan fingerprint density at radius 3 is 3.08 bits per heavy atom. The van der Waals surface area contributed by atoms with Crippen molar-refractivity contribution >= 4 is 11.8 Å². The Morgan fingerprint density at radius 2 is 2.42 bits per heavy atom. The molecule has 1 unspecified atom stereocenters. The molecular weight excluding hydrogens is 168 g/mol. The highest BCUT2D eigenvalue weighted by Gasteiger charge is 2.16. The molecule has 0 aromatic carbocycles. The lowest BCUT2D eigenvalue weighted by atomic mass is 10.2. The number of aromatic nitrogens is 1. The van der Waals surface area contributed by atoms with Gasteiger partial charge in [-0.05, 0) is 12.1 Å². The van der Waals surface area contributed by atoms with Crippen molar-refractivity contribution in [3.05, 3.63) is 30.1 Å². The first-order valence-corrected chi connectivity index (χ1v) is 5.27. The van der Waals surface area contributed by atoms with Gasteiger partial charge in [0.05, 0.1) is 11.7 Å². The third kappa shape index (κ3) is 1.79. The lowest BCUT2D eigenvalue weighted by Gasteiger charge is -2.20. The second kappa shape index (κ2) is 3.92. The Bertz CT molecular complexity index is 232. The van der Waals surface area contributed by atoms with E-state index in [0.29, 0.717) is 6.04 Å². The summed E-state index contributed by atoms with van der Waals surface area (Å²) >= 11 is 1.96. The van der Waals surface area contributed by atoms with Crippen LogP contribution in [0, 0.1) is 0 Å². The smallest absolute Gasteiger partial charge is 0.0758 e. The van der Waals surface area contributed by atoms with Crippen molar-refractivity contribution in [2.75, 3.05) is 18.1 Å². The molecule has 1 saturated heterocycles. The van der Waals surface area contributed by atoms with Crippen molar-refractivity contribution in [1.29, 1.82) is 0 Å². The van der Waals surface area contributed by atoms with Gasteiger partial charge in [0.15, 0.2) is 0 Å². The predicted octanol–water partition coefficient (Wildman–Crippen LogP) is 1.47. The van der Waals surface area contributed by atoms with Gasteiger partial charge in [-0.3, -0.25) is 4.98 Å². The largest absolute Gasteiger partial charge is 0.260 e. The lowest BCUT2D eigenvalue weighted by molar-refractivity contribution is 0.568. The number of hydrogen-bond donors (Lipinski definition) is 0. The first kappa shape index (κ1) is 8.08. The fraction of sp³-hybridized carbons (Fsp3) is 0.444. The minimum atomic E-state index is 0.338. The van der Waals surface area contributed by atoms with E-state index >= 15 is 0 Å². The van der Waals surface area contributed by atoms with E-state index in [2.05, 4.69) is 16.4 Å². The van der Waals surface area contributed by atoms with Gasteiger partial charge in [-0.1, -0.05) is 6.07 Å². The molecule has 1 aliphatic heterocycles. The molecule has 0 amide bonds. The van der Waals surface area contributed by atoms with Gasteiger partial charge >= 0.3 is 0 Å². The highest BCUT2D eigenvalue weighted by molar-refractivity contribution is 7.99. The van der Waals surface area contributed by atoms with Gasteiger partial charge in [-0.25, -0.2) is 5.32 Å². The van der Waals surface area contributed by atoms with Crippen LogP contribution in [0.15, 0.2) is 24.4 Å². The molecule has 0 spiro atoms. The predicted molar refractivity (Wildman–Crippen MR) is 51.3 cm³/mol. The van der Waals surface area contributed by atoms with Crippen LogP contribution in [-0.4, -0.2) is 23.0 Å². The third-order valence-electron chi connectivity index (χ3n) is 1.89. The molecular formula is C9H11N2S. The number of hydrogen-bond acceptors (Lipinski definition) is 2. The summed E-state index contributed by atoms with van der Waals surface area (Å²) in [5.41, 5.74) is 1.12. The van der Waals surface area contributed by atoms with Gasteiger partial charge < -0.3 is 0 Å². The van der Waals surface area contributed by atoms with Crippen LogP contribution >= 0.6 is 11.8 Å².